The van der Waals surface area contributed by atoms with Gasteiger partial charge in [-0.2, -0.15) is 0 Å². The first-order valence-electron chi connectivity index (χ1n) is 31.9. The van der Waals surface area contributed by atoms with E-state index in [1.165, 1.54) is 161 Å². The first-order valence-corrected chi connectivity index (χ1v) is 31.9. The Morgan fingerprint density at radius 2 is 0.553 bits per heavy atom. The first-order chi connectivity index (χ1) is 37.5. The van der Waals surface area contributed by atoms with Crippen LogP contribution in [0.2, 0.25) is 0 Å². The number of esters is 3. The van der Waals surface area contributed by atoms with Crippen molar-refractivity contribution in [1.29, 1.82) is 0 Å². The summed E-state index contributed by atoms with van der Waals surface area (Å²) >= 11 is 0. The Morgan fingerprint density at radius 1 is 0.289 bits per heavy atom. The molecular formula is C70H118O6. The van der Waals surface area contributed by atoms with Crippen LogP contribution in [0.3, 0.4) is 0 Å². The quantitative estimate of drug-likeness (QED) is 0.0261. The van der Waals surface area contributed by atoms with E-state index in [2.05, 4.69) is 118 Å². The van der Waals surface area contributed by atoms with Crippen molar-refractivity contribution in [2.75, 3.05) is 13.2 Å². The maximum Gasteiger partial charge on any atom is 0.310 e. The molecule has 0 aliphatic carbocycles. The molecule has 0 aliphatic heterocycles. The molecule has 0 aliphatic rings. The summed E-state index contributed by atoms with van der Waals surface area (Å²) in [5.41, 5.74) is 0. The van der Waals surface area contributed by atoms with Crippen molar-refractivity contribution in [2.24, 2.45) is 0 Å². The zero-order chi connectivity index (χ0) is 55.0. The van der Waals surface area contributed by atoms with E-state index in [0.29, 0.717) is 12.8 Å². The number of hydrogen-bond donors (Lipinski definition) is 0. The molecule has 0 heterocycles. The summed E-state index contributed by atoms with van der Waals surface area (Å²) in [5, 5.41) is 0. The number of carbonyl (C=O) groups excluding carboxylic acids is 3. The summed E-state index contributed by atoms with van der Waals surface area (Å²) in [6.07, 6.45) is 87.4. The molecule has 0 amide bonds. The van der Waals surface area contributed by atoms with Crippen LogP contribution in [-0.4, -0.2) is 37.2 Å². The maximum absolute atomic E-state index is 12.8. The Labute approximate surface area is 470 Å². The van der Waals surface area contributed by atoms with Crippen LogP contribution >= 0.6 is 0 Å². The fourth-order valence-electron chi connectivity index (χ4n) is 8.86. The summed E-state index contributed by atoms with van der Waals surface area (Å²) in [6.45, 7) is 6.31. The van der Waals surface area contributed by atoms with Gasteiger partial charge in [0.15, 0.2) is 6.10 Å². The van der Waals surface area contributed by atoms with E-state index in [4.69, 9.17) is 14.2 Å². The highest BCUT2D eigenvalue weighted by atomic mass is 16.6. The third-order valence-corrected chi connectivity index (χ3v) is 13.6. The van der Waals surface area contributed by atoms with Crippen LogP contribution in [0, 0.1) is 0 Å². The van der Waals surface area contributed by atoms with Crippen LogP contribution in [-0.2, 0) is 28.6 Å². The molecule has 0 N–H and O–H groups in total. The largest absolute Gasteiger partial charge is 0.462 e. The van der Waals surface area contributed by atoms with E-state index in [1.807, 2.05) is 6.08 Å². The minimum atomic E-state index is -0.828. The summed E-state index contributed by atoms with van der Waals surface area (Å²) in [6, 6.07) is 0. The van der Waals surface area contributed by atoms with Gasteiger partial charge in [-0.25, -0.2) is 0 Å². The van der Waals surface area contributed by atoms with Gasteiger partial charge in [-0.3, -0.25) is 14.4 Å². The lowest BCUT2D eigenvalue weighted by molar-refractivity contribution is -0.166. The average Bonchev–Trinajstić information content (AvgIpc) is 3.42. The number of allylic oxidation sites excluding steroid dienone is 17. The molecule has 0 rings (SSSR count). The number of ether oxygens (including phenoxy) is 3. The molecule has 0 radical (unpaired) electrons. The molecule has 0 bridgehead atoms. The summed E-state index contributed by atoms with van der Waals surface area (Å²) < 4.78 is 16.7. The van der Waals surface area contributed by atoms with Gasteiger partial charge in [0.25, 0.3) is 0 Å². The minimum absolute atomic E-state index is 0.0981. The van der Waals surface area contributed by atoms with Gasteiger partial charge < -0.3 is 14.2 Å². The second-order valence-corrected chi connectivity index (χ2v) is 20.9. The summed E-state index contributed by atoms with van der Waals surface area (Å²) in [7, 11) is 0. The van der Waals surface area contributed by atoms with Crippen LogP contribution in [0.4, 0.5) is 0 Å². The van der Waals surface area contributed by atoms with Crippen LogP contribution in [0.5, 0.6) is 0 Å². The fraction of sp³-hybridized carbons (Fsp3) is 0.700. The van der Waals surface area contributed by atoms with Gasteiger partial charge in [0, 0.05) is 12.8 Å². The van der Waals surface area contributed by atoms with Gasteiger partial charge in [0.2, 0.25) is 0 Å². The highest BCUT2D eigenvalue weighted by molar-refractivity contribution is 5.72. The minimum Gasteiger partial charge on any atom is -0.462 e. The molecule has 1 unspecified atom stereocenters. The molecule has 6 heteroatoms. The number of hydrogen-bond acceptors (Lipinski definition) is 6. The molecular weight excluding hydrogens is 937 g/mol. The van der Waals surface area contributed by atoms with Gasteiger partial charge in [0.1, 0.15) is 13.2 Å². The van der Waals surface area contributed by atoms with E-state index in [1.54, 1.807) is 6.08 Å². The molecule has 0 aromatic rings. The van der Waals surface area contributed by atoms with Crippen LogP contribution in [0.1, 0.15) is 297 Å². The molecule has 1 atom stereocenters. The zero-order valence-electron chi connectivity index (χ0n) is 49.7. The van der Waals surface area contributed by atoms with Crippen molar-refractivity contribution in [3.05, 3.63) is 109 Å². The van der Waals surface area contributed by atoms with Crippen LogP contribution in [0.15, 0.2) is 109 Å². The second-order valence-electron chi connectivity index (χ2n) is 20.9. The third-order valence-electron chi connectivity index (χ3n) is 13.6. The van der Waals surface area contributed by atoms with Crippen molar-refractivity contribution < 1.29 is 28.6 Å². The summed E-state index contributed by atoms with van der Waals surface area (Å²) in [5.74, 6) is -1.04. The standard InChI is InChI=1S/C70H118O6/c1-4-7-10-13-16-19-21-23-25-26-27-28-29-30-31-32-33-34-35-36-37-38-39-40-41-42-43-44-46-47-49-51-54-57-60-63-69(72)75-66-67(65-74-68(71)62-59-56-53-18-15-12-9-6-3)76-70(73)64-61-58-55-52-50-48-45-24-22-20-17-14-11-8-5-2/h7-8,10-11,16-17,19-20,23-25,27-28,45,50,52,58,61,67H,4-6,9,12-15,18,21-22,26,29-44,46-49,51,53-57,59-60,62-66H2,1-3H3/b10-7-,11-8-,19-16-,20-17-,25-23-,28-27-,45-24-,52-50-,61-58-. The van der Waals surface area contributed by atoms with Gasteiger partial charge in [-0.15, -0.1) is 0 Å². The second kappa shape index (κ2) is 63.6. The molecule has 0 aromatic heterocycles. The van der Waals surface area contributed by atoms with Crippen LogP contribution < -0.4 is 0 Å². The lowest BCUT2D eigenvalue weighted by Crippen LogP contribution is -2.30. The molecule has 6 nitrogen and oxygen atoms in total. The SMILES string of the molecule is CC/C=C\C/C=C\C/C=C\C/C=C\C/C=C\CC(=O)OC(COC(=O)CCCCCCCCCC)COC(=O)CCCCCCCCCCCCCCCCCCCCCCCC/C=C\C/C=C\C/C=C\C/C=C\CC. The third kappa shape index (κ3) is 60.9. The molecule has 0 aromatic carbocycles. The van der Waals surface area contributed by atoms with E-state index in [0.717, 1.165) is 96.3 Å². The molecule has 0 fully saturated rings. The Hall–Kier alpha value is -3.93. The van der Waals surface area contributed by atoms with Crippen molar-refractivity contribution in [1.82, 2.24) is 0 Å². The zero-order valence-corrected chi connectivity index (χ0v) is 49.7. The van der Waals surface area contributed by atoms with Gasteiger partial charge in [0.05, 0.1) is 6.42 Å². The number of carbonyl (C=O) groups is 3. The highest BCUT2D eigenvalue weighted by Gasteiger charge is 2.19. The average molecular weight is 1060 g/mol. The topological polar surface area (TPSA) is 78.9 Å². The molecule has 76 heavy (non-hydrogen) atoms. The van der Waals surface area contributed by atoms with Crippen molar-refractivity contribution >= 4 is 17.9 Å². The van der Waals surface area contributed by atoms with Crippen molar-refractivity contribution in [3.63, 3.8) is 0 Å². The molecule has 434 valence electrons. The van der Waals surface area contributed by atoms with Crippen molar-refractivity contribution in [2.45, 2.75) is 303 Å². The monoisotopic (exact) mass is 1050 g/mol. The van der Waals surface area contributed by atoms with E-state index in [9.17, 15) is 14.4 Å². The van der Waals surface area contributed by atoms with Crippen molar-refractivity contribution in [3.8, 4) is 0 Å². The predicted octanol–water partition coefficient (Wildman–Crippen LogP) is 21.8. The molecule has 0 saturated heterocycles. The van der Waals surface area contributed by atoms with Gasteiger partial charge >= 0.3 is 17.9 Å². The summed E-state index contributed by atoms with van der Waals surface area (Å²) in [4.78, 5) is 38.0. The van der Waals surface area contributed by atoms with E-state index >= 15 is 0 Å². The normalized spacial score (nSPS) is 12.8. The Kier molecular flexibility index (Phi) is 60.3. The highest BCUT2D eigenvalue weighted by Crippen LogP contribution is 2.17. The van der Waals surface area contributed by atoms with E-state index in [-0.39, 0.29) is 31.6 Å². The van der Waals surface area contributed by atoms with E-state index < -0.39 is 12.1 Å². The molecule has 0 spiro atoms. The smallest absolute Gasteiger partial charge is 0.310 e. The maximum atomic E-state index is 12.8. The van der Waals surface area contributed by atoms with Gasteiger partial charge in [-0.1, -0.05) is 304 Å². The first kappa shape index (κ1) is 72.1. The molecule has 0 saturated carbocycles. The predicted molar refractivity (Wildman–Crippen MR) is 330 cm³/mol. The Morgan fingerprint density at radius 3 is 0.868 bits per heavy atom. The fourth-order valence-corrected chi connectivity index (χ4v) is 8.86. The number of unbranched alkanes of at least 4 members (excludes halogenated alkanes) is 29. The Bertz CT molecular complexity index is 1540. The number of rotatable bonds is 57. The van der Waals surface area contributed by atoms with Crippen LogP contribution in [0.25, 0.3) is 0 Å². The Balaban J connectivity index is 4.04. The van der Waals surface area contributed by atoms with Gasteiger partial charge in [-0.05, 0) is 83.5 Å². The lowest BCUT2D eigenvalue weighted by Gasteiger charge is -2.18. The lowest BCUT2D eigenvalue weighted by atomic mass is 10.0.